The second-order valence-electron chi connectivity index (χ2n) is 5.59. The van der Waals surface area contributed by atoms with E-state index in [0.717, 1.165) is 36.0 Å². The molecule has 2 N–H and O–H groups in total. The molecule has 0 radical (unpaired) electrons. The topological polar surface area (TPSA) is 40.5 Å². The highest BCUT2D eigenvalue weighted by atomic mass is 19.1. The molecule has 0 fully saturated rings. The maximum absolute atomic E-state index is 14.0. The molecule has 0 unspecified atom stereocenters. The number of rotatable bonds is 7. The Balaban J connectivity index is 2.23. The van der Waals surface area contributed by atoms with Crippen LogP contribution in [0.5, 0.6) is 0 Å². The first-order valence-corrected chi connectivity index (χ1v) is 7.78. The van der Waals surface area contributed by atoms with Gasteiger partial charge in [0, 0.05) is 24.7 Å². The molecule has 0 bridgehead atoms. The van der Waals surface area contributed by atoms with Gasteiger partial charge >= 0.3 is 0 Å². The van der Waals surface area contributed by atoms with Gasteiger partial charge in [-0.2, -0.15) is 0 Å². The number of hydrogen-bond donors (Lipinski definition) is 2. The van der Waals surface area contributed by atoms with E-state index in [-0.39, 0.29) is 24.9 Å². The average Bonchev–Trinajstić information content (AvgIpc) is 2.56. The molecule has 0 amide bonds. The predicted molar refractivity (Wildman–Crippen MR) is 87.2 cm³/mol. The molecule has 0 aliphatic carbocycles. The minimum Gasteiger partial charge on any atom is -0.396 e. The maximum atomic E-state index is 14.0. The highest BCUT2D eigenvalue weighted by molar-refractivity contribution is 5.68. The summed E-state index contributed by atoms with van der Waals surface area (Å²) < 4.78 is 14.0. The summed E-state index contributed by atoms with van der Waals surface area (Å²) >= 11 is 0. The summed E-state index contributed by atoms with van der Waals surface area (Å²) in [5.74, 6) is -0.276. The van der Waals surface area contributed by atoms with Crippen LogP contribution in [0, 0.1) is 11.7 Å². The number of aliphatic hydroxyl groups is 2. The number of halogens is 1. The van der Waals surface area contributed by atoms with Crippen LogP contribution in [0.3, 0.4) is 0 Å². The van der Waals surface area contributed by atoms with Gasteiger partial charge in [-0.05, 0) is 42.0 Å². The van der Waals surface area contributed by atoms with E-state index < -0.39 is 0 Å². The molecule has 2 aromatic rings. The first-order valence-electron chi connectivity index (χ1n) is 7.78. The molecule has 3 heteroatoms. The van der Waals surface area contributed by atoms with E-state index in [4.69, 9.17) is 10.2 Å². The van der Waals surface area contributed by atoms with Crippen molar-refractivity contribution in [3.63, 3.8) is 0 Å². The fraction of sp³-hybridized carbons (Fsp3) is 0.368. The fourth-order valence-corrected chi connectivity index (χ4v) is 2.65. The van der Waals surface area contributed by atoms with Gasteiger partial charge in [0.1, 0.15) is 5.82 Å². The first-order chi connectivity index (χ1) is 10.7. The van der Waals surface area contributed by atoms with Gasteiger partial charge in [-0.3, -0.25) is 0 Å². The Labute approximate surface area is 131 Å². The van der Waals surface area contributed by atoms with Gasteiger partial charge in [-0.1, -0.05) is 43.3 Å². The normalized spacial score (nSPS) is 11.1. The van der Waals surface area contributed by atoms with Crippen molar-refractivity contribution in [1.29, 1.82) is 0 Å². The number of aliphatic hydroxyl groups excluding tert-OH is 2. The lowest BCUT2D eigenvalue weighted by atomic mass is 9.93. The van der Waals surface area contributed by atoms with Gasteiger partial charge in [0.2, 0.25) is 0 Å². The predicted octanol–water partition coefficient (Wildman–Crippen LogP) is 3.59. The van der Waals surface area contributed by atoms with Gasteiger partial charge < -0.3 is 10.2 Å². The average molecular weight is 302 g/mol. The van der Waals surface area contributed by atoms with Crippen LogP contribution in [0.1, 0.15) is 24.5 Å². The molecule has 0 aliphatic heterocycles. The largest absolute Gasteiger partial charge is 0.396 e. The Morgan fingerprint density at radius 3 is 2.36 bits per heavy atom. The smallest absolute Gasteiger partial charge is 0.131 e. The van der Waals surface area contributed by atoms with Crippen molar-refractivity contribution < 1.29 is 14.6 Å². The molecule has 0 atom stereocenters. The van der Waals surface area contributed by atoms with Crippen LogP contribution >= 0.6 is 0 Å². The minimum absolute atomic E-state index is 0.00441. The number of benzene rings is 2. The van der Waals surface area contributed by atoms with E-state index >= 15 is 0 Å². The van der Waals surface area contributed by atoms with Gasteiger partial charge in [0.25, 0.3) is 0 Å². The van der Waals surface area contributed by atoms with Crippen molar-refractivity contribution in [1.82, 2.24) is 0 Å². The Bertz CT molecular complexity index is 606. The van der Waals surface area contributed by atoms with Crippen molar-refractivity contribution >= 4 is 0 Å². The van der Waals surface area contributed by atoms with Gasteiger partial charge in [-0.25, -0.2) is 4.39 Å². The van der Waals surface area contributed by atoms with E-state index in [1.165, 1.54) is 6.07 Å². The van der Waals surface area contributed by atoms with E-state index in [9.17, 15) is 4.39 Å². The Kier molecular flexibility index (Phi) is 6.10. The van der Waals surface area contributed by atoms with Crippen molar-refractivity contribution in [2.24, 2.45) is 5.92 Å². The number of aryl methyl sites for hydroxylation is 2. The first kappa shape index (κ1) is 16.7. The SMILES string of the molecule is CCc1cc(CCC(CO)CO)ccc1-c1ccccc1F. The summed E-state index contributed by atoms with van der Waals surface area (Å²) in [4.78, 5) is 0. The van der Waals surface area contributed by atoms with E-state index in [0.29, 0.717) is 5.56 Å². The summed E-state index contributed by atoms with van der Waals surface area (Å²) in [5, 5.41) is 18.3. The zero-order valence-electron chi connectivity index (χ0n) is 12.9. The summed E-state index contributed by atoms with van der Waals surface area (Å²) in [7, 11) is 0. The second-order valence-corrected chi connectivity index (χ2v) is 5.59. The summed E-state index contributed by atoms with van der Waals surface area (Å²) in [5.41, 5.74) is 3.84. The third-order valence-corrected chi connectivity index (χ3v) is 4.07. The summed E-state index contributed by atoms with van der Waals surface area (Å²) in [6, 6.07) is 12.9. The molecule has 0 spiro atoms. The van der Waals surface area contributed by atoms with E-state index in [1.54, 1.807) is 12.1 Å². The second kappa shape index (κ2) is 8.06. The van der Waals surface area contributed by atoms with E-state index in [1.807, 2.05) is 18.2 Å². The van der Waals surface area contributed by atoms with Crippen molar-refractivity contribution in [2.45, 2.75) is 26.2 Å². The Morgan fingerprint density at radius 2 is 1.73 bits per heavy atom. The molecular formula is C19H23FO2. The van der Waals surface area contributed by atoms with Crippen molar-refractivity contribution in [2.75, 3.05) is 13.2 Å². The zero-order valence-corrected chi connectivity index (χ0v) is 12.9. The summed E-state index contributed by atoms with van der Waals surface area (Å²) in [6.07, 6.45) is 2.38. The maximum Gasteiger partial charge on any atom is 0.131 e. The molecule has 0 aliphatic rings. The van der Waals surface area contributed by atoms with Gasteiger partial charge in [-0.15, -0.1) is 0 Å². The van der Waals surface area contributed by atoms with Crippen LogP contribution in [-0.2, 0) is 12.8 Å². The quantitative estimate of drug-likeness (QED) is 0.820. The third-order valence-electron chi connectivity index (χ3n) is 4.07. The lowest BCUT2D eigenvalue weighted by Crippen LogP contribution is -2.12. The minimum atomic E-state index is -0.203. The molecule has 118 valence electrons. The van der Waals surface area contributed by atoms with Crippen LogP contribution < -0.4 is 0 Å². The molecule has 2 nitrogen and oxygen atoms in total. The fourth-order valence-electron chi connectivity index (χ4n) is 2.65. The molecule has 0 saturated carbocycles. The Morgan fingerprint density at radius 1 is 1.00 bits per heavy atom. The monoisotopic (exact) mass is 302 g/mol. The molecule has 22 heavy (non-hydrogen) atoms. The molecular weight excluding hydrogens is 279 g/mol. The lowest BCUT2D eigenvalue weighted by Gasteiger charge is -2.14. The standard InChI is InChI=1S/C19H23FO2/c1-2-16-11-14(7-8-15(12-21)13-22)9-10-17(16)18-5-3-4-6-19(18)20/h3-6,9-11,15,21-22H,2,7-8,12-13H2,1H3. The summed E-state index contributed by atoms with van der Waals surface area (Å²) in [6.45, 7) is 2.07. The molecule has 0 heterocycles. The van der Waals surface area contributed by atoms with Crippen LogP contribution in [-0.4, -0.2) is 23.4 Å². The van der Waals surface area contributed by atoms with Crippen LogP contribution in [0.4, 0.5) is 4.39 Å². The highest BCUT2D eigenvalue weighted by Gasteiger charge is 2.11. The zero-order chi connectivity index (χ0) is 15.9. The van der Waals surface area contributed by atoms with E-state index in [2.05, 4.69) is 13.0 Å². The van der Waals surface area contributed by atoms with Crippen LogP contribution in [0.2, 0.25) is 0 Å². The van der Waals surface area contributed by atoms with Crippen molar-refractivity contribution in [3.8, 4) is 11.1 Å². The van der Waals surface area contributed by atoms with Crippen LogP contribution in [0.25, 0.3) is 11.1 Å². The highest BCUT2D eigenvalue weighted by Crippen LogP contribution is 2.28. The molecule has 2 rings (SSSR count). The van der Waals surface area contributed by atoms with Gasteiger partial charge in [0.15, 0.2) is 0 Å². The molecule has 0 aromatic heterocycles. The number of hydrogen-bond acceptors (Lipinski definition) is 2. The van der Waals surface area contributed by atoms with Crippen LogP contribution in [0.15, 0.2) is 42.5 Å². The van der Waals surface area contributed by atoms with Crippen molar-refractivity contribution in [3.05, 3.63) is 59.4 Å². The molecule has 2 aromatic carbocycles. The van der Waals surface area contributed by atoms with Gasteiger partial charge in [0.05, 0.1) is 0 Å². The molecule has 0 saturated heterocycles. The lowest BCUT2D eigenvalue weighted by molar-refractivity contribution is 0.144. The Hall–Kier alpha value is -1.71. The third kappa shape index (κ3) is 3.93.